The fourth-order valence-electron chi connectivity index (χ4n) is 2.10. The highest BCUT2D eigenvalue weighted by molar-refractivity contribution is 5.90. The normalized spacial score (nSPS) is 13.2. The Morgan fingerprint density at radius 3 is 2.50 bits per heavy atom. The molecule has 0 saturated heterocycles. The fourth-order valence-corrected chi connectivity index (χ4v) is 2.10. The lowest BCUT2D eigenvalue weighted by molar-refractivity contribution is -0.130. The fraction of sp³-hybridized carbons (Fsp3) is 0.471. The predicted octanol–water partition coefficient (Wildman–Crippen LogP) is 4.22. The Balaban J connectivity index is 3.03. The van der Waals surface area contributed by atoms with Crippen LogP contribution in [0.1, 0.15) is 43.9 Å². The van der Waals surface area contributed by atoms with Gasteiger partial charge < -0.3 is 9.84 Å². The molecular weight excluding hydrogens is 252 g/mol. The molecule has 0 amide bonds. The summed E-state index contributed by atoms with van der Waals surface area (Å²) < 4.78 is 5.45. The van der Waals surface area contributed by atoms with E-state index in [0.717, 1.165) is 17.5 Å². The molecule has 1 unspecified atom stereocenters. The summed E-state index contributed by atoms with van der Waals surface area (Å²) >= 11 is 0. The largest absolute Gasteiger partial charge is 0.507 e. The third-order valence-electron chi connectivity index (χ3n) is 3.56. The summed E-state index contributed by atoms with van der Waals surface area (Å²) in [6.07, 6.45) is 2.90. The van der Waals surface area contributed by atoms with Crippen molar-refractivity contribution in [2.24, 2.45) is 5.92 Å². The number of hydrogen-bond acceptors (Lipinski definition) is 3. The maximum Gasteiger partial charge on any atom is 0.338 e. The van der Waals surface area contributed by atoms with Crippen molar-refractivity contribution in [2.45, 2.75) is 48.0 Å². The lowest BCUT2D eigenvalue weighted by atomic mass is 10.0. The average molecular weight is 276 g/mol. The second-order valence-corrected chi connectivity index (χ2v) is 5.44. The van der Waals surface area contributed by atoms with Gasteiger partial charge in [-0.05, 0) is 50.8 Å². The second-order valence-electron chi connectivity index (χ2n) is 5.44. The molecule has 3 heteroatoms. The average Bonchev–Trinajstić information content (AvgIpc) is 2.40. The topological polar surface area (TPSA) is 46.5 Å². The summed E-state index contributed by atoms with van der Waals surface area (Å²) in [7, 11) is 0. The third-order valence-corrected chi connectivity index (χ3v) is 3.56. The summed E-state index contributed by atoms with van der Waals surface area (Å²) in [5, 5.41) is 9.94. The molecule has 1 N–H and O–H groups in total. The molecule has 3 nitrogen and oxygen atoms in total. The van der Waals surface area contributed by atoms with Gasteiger partial charge in [-0.3, -0.25) is 0 Å². The van der Waals surface area contributed by atoms with Crippen LogP contribution in [0.5, 0.6) is 11.5 Å². The molecule has 1 atom stereocenters. The monoisotopic (exact) mass is 276 g/mol. The number of rotatable bonds is 4. The molecule has 1 rings (SSSR count). The van der Waals surface area contributed by atoms with Crippen molar-refractivity contribution in [1.82, 2.24) is 0 Å². The zero-order valence-corrected chi connectivity index (χ0v) is 13.2. The van der Waals surface area contributed by atoms with Crippen molar-refractivity contribution >= 4 is 5.97 Å². The first-order valence-electron chi connectivity index (χ1n) is 6.98. The first-order valence-corrected chi connectivity index (χ1v) is 6.98. The van der Waals surface area contributed by atoms with Gasteiger partial charge in [0, 0.05) is 11.1 Å². The number of ether oxygens (including phenoxy) is 1. The van der Waals surface area contributed by atoms with E-state index in [2.05, 4.69) is 13.8 Å². The molecule has 1 aromatic carbocycles. The Labute approximate surface area is 121 Å². The van der Waals surface area contributed by atoms with Gasteiger partial charge in [-0.25, -0.2) is 4.79 Å². The summed E-state index contributed by atoms with van der Waals surface area (Å²) in [4.78, 5) is 12.1. The summed E-state index contributed by atoms with van der Waals surface area (Å²) in [6.45, 7) is 11.3. The molecule has 1 aromatic rings. The number of esters is 1. The first-order chi connectivity index (χ1) is 9.27. The molecule has 0 heterocycles. The number of aromatic hydroxyl groups is 1. The van der Waals surface area contributed by atoms with Gasteiger partial charge in [0.1, 0.15) is 11.5 Å². The van der Waals surface area contributed by atoms with E-state index in [1.165, 1.54) is 0 Å². The van der Waals surface area contributed by atoms with E-state index in [0.29, 0.717) is 22.8 Å². The highest BCUT2D eigenvalue weighted by Gasteiger charge is 2.16. The standard InChI is InChI=1S/C17H24O3/c1-7-10(2)8-13(5)17(19)20-16-12(4)9-11(3)15(18)14(16)6/h8-10,18H,7H2,1-6H3/b13-8+. The van der Waals surface area contributed by atoms with Crippen LogP contribution in [0.15, 0.2) is 17.7 Å². The van der Waals surface area contributed by atoms with Gasteiger partial charge in [0.25, 0.3) is 0 Å². The Bertz CT molecular complexity index is 542. The predicted molar refractivity (Wildman–Crippen MR) is 81.2 cm³/mol. The lowest BCUT2D eigenvalue weighted by Gasteiger charge is -2.14. The van der Waals surface area contributed by atoms with Crippen molar-refractivity contribution in [2.75, 3.05) is 0 Å². The zero-order chi connectivity index (χ0) is 15.4. The first kappa shape index (κ1) is 16.3. The van der Waals surface area contributed by atoms with Gasteiger partial charge in [-0.15, -0.1) is 0 Å². The SMILES string of the molecule is CCC(C)/C=C(\C)C(=O)Oc1c(C)cc(C)c(O)c1C. The van der Waals surface area contributed by atoms with E-state index in [9.17, 15) is 9.90 Å². The number of benzene rings is 1. The molecular formula is C17H24O3. The van der Waals surface area contributed by atoms with Crippen molar-refractivity contribution < 1.29 is 14.6 Å². The number of carbonyl (C=O) groups excluding carboxylic acids is 1. The van der Waals surface area contributed by atoms with Gasteiger partial charge in [0.2, 0.25) is 0 Å². The Morgan fingerprint density at radius 2 is 1.95 bits per heavy atom. The summed E-state index contributed by atoms with van der Waals surface area (Å²) in [5.41, 5.74) is 2.83. The van der Waals surface area contributed by atoms with Crippen LogP contribution < -0.4 is 4.74 Å². The van der Waals surface area contributed by atoms with E-state index in [1.54, 1.807) is 13.8 Å². The molecule has 110 valence electrons. The zero-order valence-electron chi connectivity index (χ0n) is 13.2. The number of hydrogen-bond donors (Lipinski definition) is 1. The minimum atomic E-state index is -0.361. The van der Waals surface area contributed by atoms with Crippen LogP contribution in [0, 0.1) is 26.7 Å². The molecule has 20 heavy (non-hydrogen) atoms. The van der Waals surface area contributed by atoms with Crippen LogP contribution in [0.2, 0.25) is 0 Å². The number of allylic oxidation sites excluding steroid dienone is 1. The van der Waals surface area contributed by atoms with E-state index in [1.807, 2.05) is 26.0 Å². The minimum absolute atomic E-state index is 0.182. The van der Waals surface area contributed by atoms with E-state index in [4.69, 9.17) is 4.74 Å². The molecule has 0 aliphatic heterocycles. The van der Waals surface area contributed by atoms with Gasteiger partial charge >= 0.3 is 5.97 Å². The smallest absolute Gasteiger partial charge is 0.338 e. The van der Waals surface area contributed by atoms with Crippen LogP contribution in [0.3, 0.4) is 0 Å². The number of carbonyl (C=O) groups is 1. The van der Waals surface area contributed by atoms with Gasteiger partial charge in [0.15, 0.2) is 0 Å². The highest BCUT2D eigenvalue weighted by atomic mass is 16.5. The minimum Gasteiger partial charge on any atom is -0.507 e. The maximum atomic E-state index is 12.1. The van der Waals surface area contributed by atoms with Crippen LogP contribution >= 0.6 is 0 Å². The molecule has 0 spiro atoms. The van der Waals surface area contributed by atoms with Crippen molar-refractivity contribution in [3.63, 3.8) is 0 Å². The van der Waals surface area contributed by atoms with Crippen LogP contribution in [0.25, 0.3) is 0 Å². The molecule has 0 radical (unpaired) electrons. The second kappa shape index (κ2) is 6.60. The Kier molecular flexibility index (Phi) is 5.37. The van der Waals surface area contributed by atoms with Crippen molar-refractivity contribution in [3.05, 3.63) is 34.4 Å². The van der Waals surface area contributed by atoms with Gasteiger partial charge in [-0.2, -0.15) is 0 Å². The maximum absolute atomic E-state index is 12.1. The molecule has 0 bridgehead atoms. The highest BCUT2D eigenvalue weighted by Crippen LogP contribution is 2.33. The van der Waals surface area contributed by atoms with E-state index < -0.39 is 0 Å². The van der Waals surface area contributed by atoms with E-state index >= 15 is 0 Å². The third kappa shape index (κ3) is 3.62. The van der Waals surface area contributed by atoms with Gasteiger partial charge in [-0.1, -0.05) is 26.3 Å². The summed E-state index contributed by atoms with van der Waals surface area (Å²) in [6, 6.07) is 1.82. The van der Waals surface area contributed by atoms with E-state index in [-0.39, 0.29) is 11.7 Å². The number of phenolic OH excluding ortho intramolecular Hbond substituents is 1. The Morgan fingerprint density at radius 1 is 1.35 bits per heavy atom. The quantitative estimate of drug-likeness (QED) is 0.509. The lowest BCUT2D eigenvalue weighted by Crippen LogP contribution is -2.12. The van der Waals surface area contributed by atoms with Crippen molar-refractivity contribution in [1.29, 1.82) is 0 Å². The van der Waals surface area contributed by atoms with Crippen LogP contribution in [0.4, 0.5) is 0 Å². The molecule has 0 aliphatic rings. The number of aryl methyl sites for hydroxylation is 2. The van der Waals surface area contributed by atoms with Gasteiger partial charge in [0.05, 0.1) is 0 Å². The van der Waals surface area contributed by atoms with Crippen molar-refractivity contribution in [3.8, 4) is 11.5 Å². The summed E-state index contributed by atoms with van der Waals surface area (Å²) in [5.74, 6) is 0.618. The Hall–Kier alpha value is -1.77. The molecule has 0 saturated carbocycles. The number of phenols is 1. The molecule has 0 aromatic heterocycles. The van der Waals surface area contributed by atoms with Crippen LogP contribution in [-0.4, -0.2) is 11.1 Å². The van der Waals surface area contributed by atoms with Crippen LogP contribution in [-0.2, 0) is 4.79 Å². The molecule has 0 fully saturated rings. The molecule has 0 aliphatic carbocycles.